The number of benzene rings is 2. The average Bonchev–Trinajstić information content (AvgIpc) is 2.79. The zero-order chi connectivity index (χ0) is 23.4. The topological polar surface area (TPSA) is 87.5 Å². The molecule has 2 atom stereocenters. The Labute approximate surface area is 190 Å². The van der Waals surface area contributed by atoms with Gasteiger partial charge in [0.25, 0.3) is 5.56 Å². The third kappa shape index (κ3) is 4.57. The van der Waals surface area contributed by atoms with Crippen molar-refractivity contribution in [3.63, 3.8) is 0 Å². The van der Waals surface area contributed by atoms with Gasteiger partial charge in [-0.25, -0.2) is 9.48 Å². The summed E-state index contributed by atoms with van der Waals surface area (Å²) in [5.74, 6) is -1.15. The third-order valence-electron chi connectivity index (χ3n) is 5.27. The Bertz CT molecular complexity index is 1210. The smallest absolute Gasteiger partial charge is 0.331 e. The second-order valence-electron chi connectivity index (χ2n) is 7.26. The Hall–Kier alpha value is -3.45. The lowest BCUT2D eigenvalue weighted by Crippen LogP contribution is -2.35. The first-order chi connectivity index (χ1) is 15.3. The molecule has 0 amide bonds. The highest BCUT2D eigenvalue weighted by molar-refractivity contribution is 6.31. The molecule has 0 aliphatic rings. The molecule has 8 heteroatoms. The summed E-state index contributed by atoms with van der Waals surface area (Å²) in [6.07, 6.45) is 0. The van der Waals surface area contributed by atoms with Gasteiger partial charge in [-0.1, -0.05) is 48.9 Å². The normalized spacial score (nSPS) is 12.7. The Morgan fingerprint density at radius 1 is 1.03 bits per heavy atom. The van der Waals surface area contributed by atoms with E-state index in [2.05, 4.69) is 5.10 Å². The molecule has 7 nitrogen and oxygen atoms in total. The maximum absolute atomic E-state index is 13.2. The van der Waals surface area contributed by atoms with Crippen LogP contribution in [0.15, 0.2) is 59.4 Å². The van der Waals surface area contributed by atoms with E-state index in [-0.39, 0.29) is 11.7 Å². The molecule has 0 saturated heterocycles. The minimum absolute atomic E-state index is 0.0727. The fraction of sp³-hybridized carbons (Fsp3) is 0.250. The first kappa shape index (κ1) is 23.2. The number of esters is 1. The Morgan fingerprint density at radius 2 is 1.72 bits per heavy atom. The van der Waals surface area contributed by atoms with Gasteiger partial charge in [-0.2, -0.15) is 0 Å². The summed E-state index contributed by atoms with van der Waals surface area (Å²) >= 11 is 6.14. The van der Waals surface area contributed by atoms with Gasteiger partial charge in [-0.05, 0) is 36.2 Å². The molecule has 0 aliphatic carbocycles. The first-order valence-corrected chi connectivity index (χ1v) is 10.3. The summed E-state index contributed by atoms with van der Waals surface area (Å²) in [6, 6.07) is 14.3. The molecule has 0 saturated carbocycles. The number of carbonyl (C=O) groups is 2. The van der Waals surface area contributed by atoms with Crippen LogP contribution < -0.4 is 10.3 Å². The van der Waals surface area contributed by atoms with E-state index >= 15 is 0 Å². The van der Waals surface area contributed by atoms with Gasteiger partial charge in [-0.15, -0.1) is 5.10 Å². The number of hydrogen-bond acceptors (Lipinski definition) is 6. The molecule has 0 spiro atoms. The van der Waals surface area contributed by atoms with Gasteiger partial charge in [-0.3, -0.25) is 9.59 Å². The number of Topliss-reactive ketones (excluding diaryl/α,β-unsaturated/α-hetero) is 1. The van der Waals surface area contributed by atoms with Crippen molar-refractivity contribution in [3.8, 4) is 17.0 Å². The second-order valence-corrected chi connectivity index (χ2v) is 7.70. The van der Waals surface area contributed by atoms with Gasteiger partial charge in [0.2, 0.25) is 5.88 Å². The van der Waals surface area contributed by atoms with E-state index in [1.807, 2.05) is 37.3 Å². The number of ether oxygens (including phenoxy) is 2. The van der Waals surface area contributed by atoms with Gasteiger partial charge in [0, 0.05) is 22.6 Å². The van der Waals surface area contributed by atoms with Crippen LogP contribution >= 0.6 is 11.6 Å². The van der Waals surface area contributed by atoms with Crippen molar-refractivity contribution in [3.05, 3.63) is 81.1 Å². The largest absolute Gasteiger partial charge is 0.480 e. The molecule has 32 heavy (non-hydrogen) atoms. The Morgan fingerprint density at radius 3 is 2.31 bits per heavy atom. The highest BCUT2D eigenvalue weighted by Crippen LogP contribution is 2.34. The van der Waals surface area contributed by atoms with Gasteiger partial charge in [0.1, 0.15) is 0 Å². The van der Waals surface area contributed by atoms with Crippen molar-refractivity contribution in [1.82, 2.24) is 9.78 Å². The van der Waals surface area contributed by atoms with Crippen LogP contribution in [-0.2, 0) is 9.53 Å². The van der Waals surface area contributed by atoms with Gasteiger partial charge in [0.15, 0.2) is 11.8 Å². The maximum atomic E-state index is 13.2. The number of rotatable bonds is 7. The van der Waals surface area contributed by atoms with E-state index in [0.29, 0.717) is 21.7 Å². The molecule has 0 aliphatic heterocycles. The molecule has 1 aromatic heterocycles. The molecule has 2 unspecified atom stereocenters. The summed E-state index contributed by atoms with van der Waals surface area (Å²) in [4.78, 5) is 38.0. The van der Waals surface area contributed by atoms with E-state index in [1.54, 1.807) is 18.2 Å². The molecule has 1 heterocycles. The summed E-state index contributed by atoms with van der Waals surface area (Å²) < 4.78 is 11.5. The number of halogens is 1. The SMILES string of the molecule is COC(=O)C(C(C)c1ccccc1)n1nc(OC)c(-c2cc(Cl)ccc2C(C)=O)cc1=O. The molecule has 0 radical (unpaired) electrons. The van der Waals surface area contributed by atoms with Gasteiger partial charge < -0.3 is 9.47 Å². The van der Waals surface area contributed by atoms with Crippen LogP contribution in [0.4, 0.5) is 0 Å². The highest BCUT2D eigenvalue weighted by Gasteiger charge is 2.32. The number of ketones is 1. The predicted octanol–water partition coefficient (Wildman–Crippen LogP) is 4.29. The number of methoxy groups -OCH3 is 2. The molecule has 2 aromatic carbocycles. The van der Waals surface area contributed by atoms with Crippen LogP contribution in [0.25, 0.3) is 11.1 Å². The predicted molar refractivity (Wildman–Crippen MR) is 121 cm³/mol. The van der Waals surface area contributed by atoms with Gasteiger partial charge >= 0.3 is 5.97 Å². The van der Waals surface area contributed by atoms with E-state index < -0.39 is 23.5 Å². The van der Waals surface area contributed by atoms with E-state index in [1.165, 1.54) is 27.2 Å². The van der Waals surface area contributed by atoms with Crippen molar-refractivity contribution < 1.29 is 19.1 Å². The van der Waals surface area contributed by atoms with Crippen LogP contribution in [0, 0.1) is 0 Å². The fourth-order valence-corrected chi connectivity index (χ4v) is 3.79. The van der Waals surface area contributed by atoms with Crippen molar-refractivity contribution in [2.75, 3.05) is 14.2 Å². The average molecular weight is 455 g/mol. The molecule has 0 N–H and O–H groups in total. The zero-order valence-corrected chi connectivity index (χ0v) is 18.9. The molecule has 3 rings (SSSR count). The number of nitrogens with zero attached hydrogens (tertiary/aromatic N) is 2. The van der Waals surface area contributed by atoms with Crippen molar-refractivity contribution in [2.24, 2.45) is 0 Å². The number of carbonyl (C=O) groups excluding carboxylic acids is 2. The summed E-state index contributed by atoms with van der Waals surface area (Å²) in [6.45, 7) is 3.24. The lowest BCUT2D eigenvalue weighted by atomic mass is 9.93. The number of aromatic nitrogens is 2. The second kappa shape index (κ2) is 9.78. The van der Waals surface area contributed by atoms with Gasteiger partial charge in [0.05, 0.1) is 19.8 Å². The molecular formula is C24H23ClN2O5. The summed E-state index contributed by atoms with van der Waals surface area (Å²) in [5.41, 5.74) is 1.39. The lowest BCUT2D eigenvalue weighted by molar-refractivity contribution is -0.145. The lowest BCUT2D eigenvalue weighted by Gasteiger charge is -2.24. The van der Waals surface area contributed by atoms with Crippen LogP contribution in [0.3, 0.4) is 0 Å². The first-order valence-electron chi connectivity index (χ1n) is 9.90. The highest BCUT2D eigenvalue weighted by atomic mass is 35.5. The number of hydrogen-bond donors (Lipinski definition) is 0. The van der Waals surface area contributed by atoms with Crippen molar-refractivity contribution >= 4 is 23.4 Å². The van der Waals surface area contributed by atoms with Crippen LogP contribution in [0.2, 0.25) is 5.02 Å². The summed E-state index contributed by atoms with van der Waals surface area (Å²) in [7, 11) is 2.65. The van der Waals surface area contributed by atoms with Crippen molar-refractivity contribution in [1.29, 1.82) is 0 Å². The van der Waals surface area contributed by atoms with Crippen LogP contribution in [0.1, 0.15) is 41.7 Å². The minimum Gasteiger partial charge on any atom is -0.480 e. The Balaban J connectivity index is 2.21. The Kier molecular flexibility index (Phi) is 7.10. The van der Waals surface area contributed by atoms with Crippen molar-refractivity contribution in [2.45, 2.75) is 25.8 Å². The maximum Gasteiger partial charge on any atom is 0.331 e. The quantitative estimate of drug-likeness (QED) is 0.391. The van der Waals surface area contributed by atoms with Crippen LogP contribution in [-0.4, -0.2) is 35.8 Å². The summed E-state index contributed by atoms with van der Waals surface area (Å²) in [5, 5.41) is 4.73. The van der Waals surface area contributed by atoms with E-state index in [9.17, 15) is 14.4 Å². The molecule has 0 bridgehead atoms. The molecule has 166 valence electrons. The van der Waals surface area contributed by atoms with E-state index in [0.717, 1.165) is 10.2 Å². The fourth-order valence-electron chi connectivity index (χ4n) is 3.62. The standard InChI is InChI=1S/C24H23ClN2O5/c1-14(16-8-6-5-7-9-16)22(24(30)32-4)27-21(29)13-20(23(26-27)31-3)19-12-17(25)10-11-18(19)15(2)28/h5-14,22H,1-4H3. The monoisotopic (exact) mass is 454 g/mol. The van der Waals surface area contributed by atoms with Crippen LogP contribution in [0.5, 0.6) is 5.88 Å². The molecule has 3 aromatic rings. The van der Waals surface area contributed by atoms with E-state index in [4.69, 9.17) is 21.1 Å². The minimum atomic E-state index is -1.02. The third-order valence-corrected chi connectivity index (χ3v) is 5.51. The molecular weight excluding hydrogens is 432 g/mol. The molecule has 0 fully saturated rings. The zero-order valence-electron chi connectivity index (χ0n) is 18.2.